The Hall–Kier alpha value is -1.20. The van der Waals surface area contributed by atoms with Gasteiger partial charge in [-0.1, -0.05) is 0 Å². The van der Waals surface area contributed by atoms with E-state index in [1.165, 1.54) is 0 Å². The molecule has 0 fully saturated rings. The maximum absolute atomic E-state index is 12.1. The molecule has 14 heavy (non-hydrogen) atoms. The highest BCUT2D eigenvalue weighted by Gasteiger charge is 2.23. The van der Waals surface area contributed by atoms with Crippen molar-refractivity contribution in [3.63, 3.8) is 0 Å². The van der Waals surface area contributed by atoms with Crippen molar-refractivity contribution in [1.29, 1.82) is 0 Å². The fourth-order valence-corrected chi connectivity index (χ4v) is 0.967. The summed E-state index contributed by atoms with van der Waals surface area (Å²) in [5, 5.41) is 10.7. The molecule has 1 unspecified atom stereocenters. The zero-order chi connectivity index (χ0) is 11.1. The summed E-state index contributed by atoms with van der Waals surface area (Å²) in [6.45, 7) is -0.713. The maximum Gasteiger partial charge on any atom is 0.326 e. The smallest absolute Gasteiger partial charge is 0.326 e. The summed E-state index contributed by atoms with van der Waals surface area (Å²) >= 11 is 0. The molecule has 0 spiro atoms. The number of carboxylic acids is 1. The third-order valence-electron chi connectivity index (χ3n) is 1.68. The van der Waals surface area contributed by atoms with Crippen LogP contribution >= 0.6 is 0 Å². The molecule has 82 valence electrons. The first-order valence-electron chi connectivity index (χ1n) is 4.13. The van der Waals surface area contributed by atoms with Gasteiger partial charge in [0.05, 0.1) is 13.3 Å². The van der Waals surface area contributed by atoms with Crippen molar-refractivity contribution < 1.29 is 23.5 Å². The summed E-state index contributed by atoms with van der Waals surface area (Å²) in [7, 11) is 0. The molecular formula is C8H13F2NO3. The lowest BCUT2D eigenvalue weighted by Crippen LogP contribution is -2.41. The Morgan fingerprint density at radius 3 is 2.14 bits per heavy atom. The van der Waals surface area contributed by atoms with Crippen LogP contribution in [-0.4, -0.2) is 36.4 Å². The second-order valence-electron chi connectivity index (χ2n) is 3.00. The molecule has 2 N–H and O–H groups in total. The van der Waals surface area contributed by atoms with Crippen molar-refractivity contribution >= 4 is 11.9 Å². The maximum atomic E-state index is 12.1. The van der Waals surface area contributed by atoms with E-state index in [2.05, 4.69) is 5.32 Å². The first kappa shape index (κ1) is 12.8. The topological polar surface area (TPSA) is 66.4 Å². The van der Waals surface area contributed by atoms with E-state index in [1.807, 2.05) is 0 Å². The van der Waals surface area contributed by atoms with Crippen LogP contribution in [0.4, 0.5) is 8.78 Å². The van der Waals surface area contributed by atoms with Crippen LogP contribution in [0.2, 0.25) is 0 Å². The average Bonchev–Trinajstić information content (AvgIpc) is 2.11. The van der Waals surface area contributed by atoms with Gasteiger partial charge in [-0.05, 0) is 6.42 Å². The van der Waals surface area contributed by atoms with Crippen molar-refractivity contribution in [1.82, 2.24) is 5.32 Å². The number of rotatable bonds is 6. The van der Waals surface area contributed by atoms with Crippen molar-refractivity contribution in [2.75, 3.05) is 13.3 Å². The lowest BCUT2D eigenvalue weighted by atomic mass is 10.0. The number of nitrogens with one attached hydrogen (secondary N) is 1. The minimum Gasteiger partial charge on any atom is -0.480 e. The molecule has 0 saturated carbocycles. The molecule has 0 heterocycles. The number of amides is 1. The first-order chi connectivity index (χ1) is 6.51. The van der Waals surface area contributed by atoms with Crippen LogP contribution in [0.3, 0.4) is 0 Å². The van der Waals surface area contributed by atoms with E-state index >= 15 is 0 Å². The van der Waals surface area contributed by atoms with E-state index in [1.54, 1.807) is 0 Å². The van der Waals surface area contributed by atoms with E-state index in [-0.39, 0.29) is 6.42 Å². The number of carbonyl (C=O) groups excluding carboxylic acids is 1. The number of carboxylic acid groups (broad SMARTS) is 1. The molecule has 0 aliphatic heterocycles. The van der Waals surface area contributed by atoms with Gasteiger partial charge in [-0.3, -0.25) is 13.6 Å². The monoisotopic (exact) mass is 209 g/mol. The molecule has 0 aromatic rings. The summed E-state index contributed by atoms with van der Waals surface area (Å²) in [5.74, 6) is -2.79. The van der Waals surface area contributed by atoms with Gasteiger partial charge in [-0.2, -0.15) is 0 Å². The van der Waals surface area contributed by atoms with Crippen LogP contribution in [-0.2, 0) is 9.59 Å². The zero-order valence-electron chi connectivity index (χ0n) is 7.80. The fourth-order valence-electron chi connectivity index (χ4n) is 0.967. The second kappa shape index (κ2) is 6.28. The number of halogens is 2. The lowest BCUT2D eigenvalue weighted by Gasteiger charge is -2.16. The second-order valence-corrected chi connectivity index (χ2v) is 3.00. The number of hydrogen-bond donors (Lipinski definition) is 2. The Morgan fingerprint density at radius 2 is 1.86 bits per heavy atom. The Balaban J connectivity index is 4.21. The van der Waals surface area contributed by atoms with Gasteiger partial charge in [0.25, 0.3) is 0 Å². The van der Waals surface area contributed by atoms with Gasteiger partial charge >= 0.3 is 5.97 Å². The normalized spacial score (nSPS) is 12.6. The van der Waals surface area contributed by atoms with Crippen LogP contribution in [0, 0.1) is 5.92 Å². The Kier molecular flexibility index (Phi) is 5.74. The van der Waals surface area contributed by atoms with Crippen LogP contribution < -0.4 is 5.32 Å². The predicted molar refractivity (Wildman–Crippen MR) is 45.3 cm³/mol. The van der Waals surface area contributed by atoms with E-state index in [0.717, 1.165) is 6.92 Å². The van der Waals surface area contributed by atoms with Crippen LogP contribution in [0.5, 0.6) is 0 Å². The first-order valence-corrected chi connectivity index (χ1v) is 4.13. The zero-order valence-corrected chi connectivity index (χ0v) is 7.80. The Labute approximate surface area is 80.3 Å². The lowest BCUT2D eigenvalue weighted by molar-refractivity contribution is -0.142. The molecule has 0 rings (SSSR count). The number of hydrogen-bond acceptors (Lipinski definition) is 2. The van der Waals surface area contributed by atoms with Crippen LogP contribution in [0.25, 0.3) is 0 Å². The third kappa shape index (κ3) is 4.74. The molecule has 4 nitrogen and oxygen atoms in total. The summed E-state index contributed by atoms with van der Waals surface area (Å²) in [6, 6.07) is -1.22. The Morgan fingerprint density at radius 1 is 1.36 bits per heavy atom. The number of alkyl halides is 2. The highest BCUT2D eigenvalue weighted by atomic mass is 19.1. The number of carbonyl (C=O) groups is 2. The highest BCUT2D eigenvalue weighted by molar-refractivity contribution is 5.81. The van der Waals surface area contributed by atoms with Gasteiger partial charge in [0.2, 0.25) is 5.91 Å². The molecule has 0 aliphatic rings. The van der Waals surface area contributed by atoms with Crippen molar-refractivity contribution in [2.24, 2.45) is 5.92 Å². The minimum absolute atomic E-state index is 0.234. The minimum atomic E-state index is -1.29. The fraction of sp³-hybridized carbons (Fsp3) is 0.750. The molecule has 6 heteroatoms. The van der Waals surface area contributed by atoms with E-state index in [9.17, 15) is 18.4 Å². The summed E-state index contributed by atoms with van der Waals surface area (Å²) in [4.78, 5) is 21.1. The third-order valence-corrected chi connectivity index (χ3v) is 1.68. The summed E-state index contributed by atoms with van der Waals surface area (Å²) in [5.41, 5.74) is 0. The van der Waals surface area contributed by atoms with Gasteiger partial charge < -0.3 is 10.4 Å². The summed E-state index contributed by atoms with van der Waals surface area (Å²) < 4.78 is 24.1. The van der Waals surface area contributed by atoms with Gasteiger partial charge in [0, 0.05) is 12.8 Å². The molecule has 0 aliphatic carbocycles. The van der Waals surface area contributed by atoms with Crippen LogP contribution in [0.15, 0.2) is 0 Å². The molecule has 0 bridgehead atoms. The molecule has 0 aromatic carbocycles. The molecule has 0 aromatic heterocycles. The van der Waals surface area contributed by atoms with E-state index in [4.69, 9.17) is 5.11 Å². The predicted octanol–water partition coefficient (Wildman–Crippen LogP) is 0.521. The van der Waals surface area contributed by atoms with Gasteiger partial charge in [0.15, 0.2) is 0 Å². The largest absolute Gasteiger partial charge is 0.480 e. The number of aliphatic carboxylic acids is 1. The van der Waals surface area contributed by atoms with Gasteiger partial charge in [-0.25, -0.2) is 4.79 Å². The average molecular weight is 209 g/mol. The Bertz CT molecular complexity index is 207. The van der Waals surface area contributed by atoms with Crippen molar-refractivity contribution in [3.05, 3.63) is 0 Å². The van der Waals surface area contributed by atoms with E-state index in [0.29, 0.717) is 0 Å². The van der Waals surface area contributed by atoms with E-state index < -0.39 is 37.2 Å². The van der Waals surface area contributed by atoms with Gasteiger partial charge in [-0.15, -0.1) is 0 Å². The molecule has 0 saturated heterocycles. The molecule has 1 atom stereocenters. The van der Waals surface area contributed by atoms with Crippen LogP contribution in [0.1, 0.15) is 13.3 Å². The van der Waals surface area contributed by atoms with Gasteiger partial charge in [0.1, 0.15) is 6.04 Å². The quantitative estimate of drug-likeness (QED) is 0.670. The highest BCUT2D eigenvalue weighted by Crippen LogP contribution is 2.09. The molecule has 0 radical (unpaired) electrons. The standard InChI is InChI=1S/C8H13F2NO3/c1-5(12)11-7(8(13)14)2-6(3-9)4-10/h6-7H,2-4H2,1H3,(H,11,12)(H,13,14). The summed E-state index contributed by atoms with van der Waals surface area (Å²) in [6.07, 6.45) is -0.234. The van der Waals surface area contributed by atoms with Crippen molar-refractivity contribution in [3.8, 4) is 0 Å². The SMILES string of the molecule is CC(=O)NC(CC(CF)CF)C(=O)O. The van der Waals surface area contributed by atoms with Crippen molar-refractivity contribution in [2.45, 2.75) is 19.4 Å². The molecular weight excluding hydrogens is 196 g/mol. The molecule has 1 amide bonds.